The van der Waals surface area contributed by atoms with Crippen molar-refractivity contribution < 1.29 is 40.1 Å². The molecule has 5 aliphatic rings. The van der Waals surface area contributed by atoms with E-state index in [-0.39, 0.29) is 39.6 Å². The zero-order valence-electron chi connectivity index (χ0n) is 28.5. The summed E-state index contributed by atoms with van der Waals surface area (Å²) < 4.78 is 12.2. The number of ether oxygens (including phenoxy) is 2. The Labute approximate surface area is 265 Å². The topological polar surface area (TPSA) is 140 Å². The first-order valence-electron chi connectivity index (χ1n) is 17.3. The molecular weight excluding hydrogens is 560 g/mol. The van der Waals surface area contributed by atoms with Crippen LogP contribution in [-0.2, 0) is 9.47 Å². The molecule has 8 heteroatoms. The molecule has 4 saturated carbocycles. The Morgan fingerprint density at radius 1 is 0.886 bits per heavy atom. The van der Waals surface area contributed by atoms with Crippen molar-refractivity contribution in [1.29, 1.82) is 0 Å². The Bertz CT molecular complexity index is 1070. The summed E-state index contributed by atoms with van der Waals surface area (Å²) in [6, 6.07) is 0. The maximum Gasteiger partial charge on any atom is 0.186 e. The quantitative estimate of drug-likeness (QED) is 0.182. The smallest absolute Gasteiger partial charge is 0.186 e. The normalized spacial score (nSPS) is 51.5. The van der Waals surface area contributed by atoms with E-state index in [4.69, 9.17) is 9.47 Å². The van der Waals surface area contributed by atoms with Crippen LogP contribution in [0.15, 0.2) is 11.6 Å². The lowest BCUT2D eigenvalue weighted by atomic mass is 9.35. The Morgan fingerprint density at radius 3 is 2.18 bits per heavy atom. The van der Waals surface area contributed by atoms with Gasteiger partial charge < -0.3 is 40.1 Å². The summed E-state index contributed by atoms with van der Waals surface area (Å²) >= 11 is 0. The van der Waals surface area contributed by atoms with Gasteiger partial charge in [-0.15, -0.1) is 0 Å². The van der Waals surface area contributed by atoms with Crippen LogP contribution >= 0.6 is 0 Å². The molecule has 44 heavy (non-hydrogen) atoms. The minimum atomic E-state index is -1.46. The van der Waals surface area contributed by atoms with Crippen LogP contribution in [0.4, 0.5) is 0 Å². The van der Waals surface area contributed by atoms with E-state index in [0.29, 0.717) is 18.3 Å². The molecule has 6 N–H and O–H groups in total. The third-order valence-electron chi connectivity index (χ3n) is 14.5. The van der Waals surface area contributed by atoms with Crippen molar-refractivity contribution >= 4 is 0 Å². The molecule has 1 saturated heterocycles. The van der Waals surface area contributed by atoms with E-state index in [0.717, 1.165) is 51.4 Å². The van der Waals surface area contributed by atoms with E-state index >= 15 is 0 Å². The number of aliphatic hydroxyl groups excluding tert-OH is 5. The zero-order valence-corrected chi connectivity index (χ0v) is 28.5. The predicted octanol–water partition coefficient (Wildman–Crippen LogP) is 4.32. The van der Waals surface area contributed by atoms with Gasteiger partial charge in [0.05, 0.1) is 24.4 Å². The molecular formula is C36H62O8. The van der Waals surface area contributed by atoms with Gasteiger partial charge in [-0.3, -0.25) is 0 Å². The minimum absolute atomic E-state index is 0.0231. The molecule has 254 valence electrons. The summed E-state index contributed by atoms with van der Waals surface area (Å²) in [6.07, 6.45) is 3.15. The van der Waals surface area contributed by atoms with Crippen molar-refractivity contribution in [2.24, 2.45) is 45.3 Å². The maximum absolute atomic E-state index is 12.0. The lowest BCUT2D eigenvalue weighted by molar-refractivity contribution is -0.332. The second kappa shape index (κ2) is 11.8. The zero-order chi connectivity index (χ0) is 32.6. The maximum atomic E-state index is 12.0. The Morgan fingerprint density at radius 2 is 1.55 bits per heavy atom. The first-order valence-corrected chi connectivity index (χ1v) is 17.3. The van der Waals surface area contributed by atoms with Crippen LogP contribution in [0, 0.1) is 45.3 Å². The average Bonchev–Trinajstić information content (AvgIpc) is 3.32. The van der Waals surface area contributed by atoms with Crippen LogP contribution in [0.1, 0.15) is 113 Å². The van der Waals surface area contributed by atoms with Gasteiger partial charge in [0, 0.05) is 0 Å². The summed E-state index contributed by atoms with van der Waals surface area (Å²) in [7, 11) is 0. The molecule has 15 atom stereocenters. The number of aliphatic hydroxyl groups is 6. The first-order chi connectivity index (χ1) is 20.3. The highest BCUT2D eigenvalue weighted by Gasteiger charge is 2.71. The van der Waals surface area contributed by atoms with Crippen molar-refractivity contribution in [3.8, 4) is 0 Å². The van der Waals surface area contributed by atoms with Gasteiger partial charge in [0.1, 0.15) is 24.4 Å². The van der Waals surface area contributed by atoms with E-state index in [1.165, 1.54) is 5.57 Å². The van der Waals surface area contributed by atoms with Gasteiger partial charge in [0.15, 0.2) is 6.29 Å². The van der Waals surface area contributed by atoms with Crippen LogP contribution in [0.5, 0.6) is 0 Å². The summed E-state index contributed by atoms with van der Waals surface area (Å²) in [6.45, 7) is 17.5. The average molecular weight is 623 g/mol. The predicted molar refractivity (Wildman–Crippen MR) is 168 cm³/mol. The largest absolute Gasteiger partial charge is 0.394 e. The molecule has 9 unspecified atom stereocenters. The molecule has 0 radical (unpaired) electrons. The highest BCUT2D eigenvalue weighted by molar-refractivity contribution is 5.20. The molecule has 0 bridgehead atoms. The Hall–Kier alpha value is -0.580. The molecule has 5 fully saturated rings. The Balaban J connectivity index is 1.37. The summed E-state index contributed by atoms with van der Waals surface area (Å²) in [4.78, 5) is 0. The van der Waals surface area contributed by atoms with Crippen LogP contribution in [0.3, 0.4) is 0 Å². The number of allylic oxidation sites excluding steroid dienone is 2. The minimum Gasteiger partial charge on any atom is -0.394 e. The van der Waals surface area contributed by atoms with Gasteiger partial charge >= 0.3 is 0 Å². The van der Waals surface area contributed by atoms with Crippen molar-refractivity contribution in [1.82, 2.24) is 0 Å². The number of hydrogen-bond donors (Lipinski definition) is 6. The molecule has 5 rings (SSSR count). The van der Waals surface area contributed by atoms with Crippen molar-refractivity contribution in [3.05, 3.63) is 11.6 Å². The van der Waals surface area contributed by atoms with Crippen molar-refractivity contribution in [2.45, 2.75) is 162 Å². The highest BCUT2D eigenvalue weighted by Crippen LogP contribution is 2.76. The lowest BCUT2D eigenvalue weighted by Crippen LogP contribution is -2.67. The summed E-state index contributed by atoms with van der Waals surface area (Å²) in [5, 5.41) is 64.8. The molecule has 1 heterocycles. The van der Waals surface area contributed by atoms with Gasteiger partial charge in [-0.25, -0.2) is 0 Å². The van der Waals surface area contributed by atoms with E-state index in [1.54, 1.807) is 0 Å². The van der Waals surface area contributed by atoms with E-state index in [2.05, 4.69) is 54.5 Å². The van der Waals surface area contributed by atoms with Gasteiger partial charge in [-0.05, 0) is 124 Å². The molecule has 0 aromatic carbocycles. The number of fused-ring (bicyclic) bond motifs is 5. The number of hydrogen-bond acceptors (Lipinski definition) is 8. The first kappa shape index (κ1) is 34.7. The fourth-order valence-electron chi connectivity index (χ4n) is 11.9. The van der Waals surface area contributed by atoms with Gasteiger partial charge in [-0.2, -0.15) is 0 Å². The molecule has 0 amide bonds. The van der Waals surface area contributed by atoms with E-state index in [1.807, 2.05) is 6.92 Å². The molecule has 0 aromatic rings. The SMILES string of the molecule is CC(C)=CCC[C@@](C)(O)C1CC[C@]2(C)C1[C@H](O)CC1[C@@]3(C)CC[C@H](OC4OC(CO)C(O)C(O)C4O)C(C)(C)C3CC[C@]12C. The van der Waals surface area contributed by atoms with Crippen LogP contribution < -0.4 is 0 Å². The molecule has 8 nitrogen and oxygen atoms in total. The fraction of sp³-hybridized carbons (Fsp3) is 0.944. The third kappa shape index (κ3) is 5.26. The summed E-state index contributed by atoms with van der Waals surface area (Å²) in [5.74, 6) is 0.792. The highest BCUT2D eigenvalue weighted by atomic mass is 16.7. The van der Waals surface area contributed by atoms with Crippen molar-refractivity contribution in [3.63, 3.8) is 0 Å². The molecule has 0 spiro atoms. The second-order valence-electron chi connectivity index (χ2n) is 17.3. The summed E-state index contributed by atoms with van der Waals surface area (Å²) in [5.41, 5.74) is 0.122. The molecule has 1 aliphatic heterocycles. The van der Waals surface area contributed by atoms with Gasteiger partial charge in [0.2, 0.25) is 0 Å². The van der Waals surface area contributed by atoms with Crippen molar-refractivity contribution in [2.75, 3.05) is 6.61 Å². The molecule has 4 aliphatic carbocycles. The fourth-order valence-corrected chi connectivity index (χ4v) is 11.9. The Kier molecular flexibility index (Phi) is 9.35. The monoisotopic (exact) mass is 622 g/mol. The number of rotatable bonds is 7. The van der Waals surface area contributed by atoms with Crippen LogP contribution in [-0.4, -0.2) is 85.8 Å². The standard InChI is InChI=1S/C36H62O8/c1-20(2)10-9-14-36(8,42)21-11-16-35(7)27(21)22(38)18-25-33(5)15-13-26(32(3,4)24(33)12-17-34(25,35)6)44-31-30(41)29(40)28(39)23(19-37)43-31/h10,21-31,37-42H,9,11-19H2,1-8H3/t21?,22-,23?,24?,25?,26+,27?,28?,29?,30?,31?,33+,34-,35-,36-/m1/s1. The van der Waals surface area contributed by atoms with Crippen LogP contribution in [0.25, 0.3) is 0 Å². The lowest BCUT2D eigenvalue weighted by Gasteiger charge is -2.70. The van der Waals surface area contributed by atoms with Gasteiger partial charge in [-0.1, -0.05) is 46.3 Å². The van der Waals surface area contributed by atoms with Gasteiger partial charge in [0.25, 0.3) is 0 Å². The third-order valence-corrected chi connectivity index (χ3v) is 14.5. The molecule has 0 aromatic heterocycles. The van der Waals surface area contributed by atoms with E-state index in [9.17, 15) is 30.6 Å². The second-order valence-corrected chi connectivity index (χ2v) is 17.3. The van der Waals surface area contributed by atoms with Crippen LogP contribution in [0.2, 0.25) is 0 Å². The van der Waals surface area contributed by atoms with E-state index < -0.39 is 49.0 Å².